The van der Waals surface area contributed by atoms with Crippen LogP contribution in [0.3, 0.4) is 0 Å². The Labute approximate surface area is 223 Å². The molecular weight excluding hydrogens is 526 g/mol. The van der Waals surface area contributed by atoms with E-state index in [4.69, 9.17) is 4.74 Å². The summed E-state index contributed by atoms with van der Waals surface area (Å²) >= 11 is 0. The Morgan fingerprint density at radius 1 is 0.868 bits per heavy atom. The van der Waals surface area contributed by atoms with E-state index in [1.165, 1.54) is 41.7 Å². The average molecular weight is 558 g/mol. The van der Waals surface area contributed by atoms with Crippen LogP contribution in [-0.4, -0.2) is 47.2 Å². The number of carbonyl (C=O) groups excluding carboxylic acids is 1. The smallest absolute Gasteiger partial charge is 0.262 e. The first-order valence-corrected chi connectivity index (χ1v) is 15.1. The summed E-state index contributed by atoms with van der Waals surface area (Å²) in [5, 5.41) is 2.68. The van der Waals surface area contributed by atoms with Gasteiger partial charge in [0.1, 0.15) is 5.75 Å². The normalized spacial score (nSPS) is 14.3. The number of sulfonamides is 2. The third kappa shape index (κ3) is 5.54. The maximum Gasteiger partial charge on any atom is 0.262 e. The zero-order valence-electron chi connectivity index (χ0n) is 21.7. The molecule has 202 valence electrons. The number of ether oxygens (including phenoxy) is 1. The first-order chi connectivity index (χ1) is 17.9. The van der Waals surface area contributed by atoms with Crippen molar-refractivity contribution in [3.63, 3.8) is 0 Å². The summed E-state index contributed by atoms with van der Waals surface area (Å²) in [6.07, 6.45) is 1.60. The second-order valence-electron chi connectivity index (χ2n) is 9.26. The lowest BCUT2D eigenvalue weighted by Crippen LogP contribution is -2.28. The van der Waals surface area contributed by atoms with Gasteiger partial charge in [-0.1, -0.05) is 18.2 Å². The molecule has 0 saturated carbocycles. The highest BCUT2D eigenvalue weighted by atomic mass is 32.2. The summed E-state index contributed by atoms with van der Waals surface area (Å²) < 4.78 is 62.0. The van der Waals surface area contributed by atoms with Crippen molar-refractivity contribution in [3.8, 4) is 5.75 Å². The predicted octanol–water partition coefficient (Wildman–Crippen LogP) is 4.46. The average Bonchev–Trinajstić information content (AvgIpc) is 3.43. The number of anilines is 2. The van der Waals surface area contributed by atoms with E-state index in [-0.39, 0.29) is 26.8 Å². The van der Waals surface area contributed by atoms with Crippen molar-refractivity contribution in [2.75, 3.05) is 30.2 Å². The Hall–Kier alpha value is -3.41. The third-order valence-electron chi connectivity index (χ3n) is 6.71. The SMILES string of the molecule is COc1ccc(S(=O)(=O)N2CCCC2)cc1NC(=O)c1ccc(C)c(S(=O)(=O)Nc2cccc(C)c2C)c1. The zero-order valence-corrected chi connectivity index (χ0v) is 23.4. The maximum atomic E-state index is 13.3. The molecule has 2 N–H and O–H groups in total. The topological polar surface area (TPSA) is 122 Å². The molecule has 0 radical (unpaired) electrons. The number of aryl methyl sites for hydroxylation is 2. The lowest BCUT2D eigenvalue weighted by Gasteiger charge is -2.18. The minimum atomic E-state index is -4.00. The minimum Gasteiger partial charge on any atom is -0.495 e. The highest BCUT2D eigenvalue weighted by Gasteiger charge is 2.28. The van der Waals surface area contributed by atoms with Crippen LogP contribution in [0.4, 0.5) is 11.4 Å². The molecule has 9 nitrogen and oxygen atoms in total. The van der Waals surface area contributed by atoms with Gasteiger partial charge in [-0.2, -0.15) is 4.31 Å². The molecule has 0 aliphatic carbocycles. The summed E-state index contributed by atoms with van der Waals surface area (Å²) in [4.78, 5) is 13.2. The van der Waals surface area contributed by atoms with Gasteiger partial charge in [0.25, 0.3) is 15.9 Å². The van der Waals surface area contributed by atoms with E-state index in [1.807, 2.05) is 19.9 Å². The standard InChI is InChI=1S/C27H31N3O6S2/c1-18-8-7-9-23(20(18)3)29-37(32,33)26-16-21(11-10-19(26)2)27(31)28-24-17-22(12-13-25(24)36-4)38(34,35)30-14-5-6-15-30/h7-13,16-17,29H,5-6,14-15H2,1-4H3,(H,28,31). The molecule has 0 unspecified atom stereocenters. The monoisotopic (exact) mass is 557 g/mol. The highest BCUT2D eigenvalue weighted by molar-refractivity contribution is 7.92. The van der Waals surface area contributed by atoms with Gasteiger partial charge in [-0.15, -0.1) is 0 Å². The molecule has 0 spiro atoms. The zero-order chi connectivity index (χ0) is 27.7. The van der Waals surface area contributed by atoms with Crippen molar-refractivity contribution in [1.29, 1.82) is 0 Å². The van der Waals surface area contributed by atoms with E-state index in [1.54, 1.807) is 25.1 Å². The van der Waals surface area contributed by atoms with Crippen LogP contribution in [0.2, 0.25) is 0 Å². The van der Waals surface area contributed by atoms with E-state index < -0.39 is 26.0 Å². The van der Waals surface area contributed by atoms with E-state index in [0.717, 1.165) is 24.0 Å². The number of hydrogen-bond acceptors (Lipinski definition) is 6. The second-order valence-corrected chi connectivity index (χ2v) is 12.8. The van der Waals surface area contributed by atoms with Gasteiger partial charge in [0, 0.05) is 18.7 Å². The summed E-state index contributed by atoms with van der Waals surface area (Å²) in [7, 11) is -6.30. The molecule has 38 heavy (non-hydrogen) atoms. The first kappa shape index (κ1) is 27.6. The fraction of sp³-hybridized carbons (Fsp3) is 0.296. The summed E-state index contributed by atoms with van der Waals surface area (Å²) in [6.45, 7) is 6.27. The van der Waals surface area contributed by atoms with Crippen molar-refractivity contribution in [2.24, 2.45) is 0 Å². The van der Waals surface area contributed by atoms with Crippen LogP contribution in [0.15, 0.2) is 64.4 Å². The van der Waals surface area contributed by atoms with Crippen LogP contribution in [-0.2, 0) is 20.0 Å². The van der Waals surface area contributed by atoms with Gasteiger partial charge in [-0.25, -0.2) is 16.8 Å². The van der Waals surface area contributed by atoms with Crippen LogP contribution in [0.25, 0.3) is 0 Å². The predicted molar refractivity (Wildman–Crippen MR) is 147 cm³/mol. The van der Waals surface area contributed by atoms with Crippen LogP contribution in [0, 0.1) is 20.8 Å². The molecule has 0 aromatic heterocycles. The molecule has 1 aliphatic heterocycles. The molecule has 0 atom stereocenters. The molecule has 1 aliphatic rings. The molecular formula is C27H31N3O6S2. The Morgan fingerprint density at radius 3 is 2.26 bits per heavy atom. The quantitative estimate of drug-likeness (QED) is 0.422. The van der Waals surface area contributed by atoms with Gasteiger partial charge in [0.2, 0.25) is 10.0 Å². The largest absolute Gasteiger partial charge is 0.495 e. The number of rotatable bonds is 8. The van der Waals surface area contributed by atoms with Crippen LogP contribution < -0.4 is 14.8 Å². The molecule has 3 aromatic carbocycles. The van der Waals surface area contributed by atoms with Gasteiger partial charge in [0.15, 0.2) is 0 Å². The molecule has 3 aromatic rings. The fourth-order valence-electron chi connectivity index (χ4n) is 4.31. The minimum absolute atomic E-state index is 0.0385. The van der Waals surface area contributed by atoms with Crippen LogP contribution >= 0.6 is 0 Å². The molecule has 1 heterocycles. The Balaban J connectivity index is 1.64. The van der Waals surface area contributed by atoms with Gasteiger partial charge in [-0.3, -0.25) is 9.52 Å². The van der Waals surface area contributed by atoms with Gasteiger partial charge < -0.3 is 10.1 Å². The summed E-state index contributed by atoms with van der Waals surface area (Å²) in [5.74, 6) is -0.336. The first-order valence-electron chi connectivity index (χ1n) is 12.1. The number of nitrogens with one attached hydrogen (secondary N) is 2. The third-order valence-corrected chi connectivity index (χ3v) is 10.1. The van der Waals surface area contributed by atoms with E-state index in [2.05, 4.69) is 10.0 Å². The van der Waals surface area contributed by atoms with Crippen LogP contribution in [0.5, 0.6) is 5.75 Å². The van der Waals surface area contributed by atoms with E-state index >= 15 is 0 Å². The maximum absolute atomic E-state index is 13.3. The lowest BCUT2D eigenvalue weighted by molar-refractivity contribution is 0.102. The Bertz CT molecular complexity index is 1590. The second kappa shape index (κ2) is 10.8. The number of benzene rings is 3. The van der Waals surface area contributed by atoms with Gasteiger partial charge in [0.05, 0.1) is 28.3 Å². The lowest BCUT2D eigenvalue weighted by atomic mass is 10.1. The van der Waals surface area contributed by atoms with Crippen molar-refractivity contribution in [3.05, 3.63) is 76.9 Å². The van der Waals surface area contributed by atoms with Gasteiger partial charge in [-0.05, 0) is 86.7 Å². The van der Waals surface area contributed by atoms with E-state index in [0.29, 0.717) is 24.3 Å². The Morgan fingerprint density at radius 2 is 1.58 bits per heavy atom. The molecule has 0 bridgehead atoms. The fourth-order valence-corrected chi connectivity index (χ4v) is 7.25. The number of nitrogens with zero attached hydrogens (tertiary/aromatic N) is 1. The molecule has 1 saturated heterocycles. The Kier molecular flexibility index (Phi) is 7.82. The van der Waals surface area contributed by atoms with Crippen molar-refractivity contribution in [1.82, 2.24) is 4.31 Å². The molecule has 11 heteroatoms. The van der Waals surface area contributed by atoms with Gasteiger partial charge >= 0.3 is 0 Å². The molecule has 4 rings (SSSR count). The number of methoxy groups -OCH3 is 1. The van der Waals surface area contributed by atoms with Crippen molar-refractivity contribution >= 4 is 37.3 Å². The van der Waals surface area contributed by atoms with Crippen LogP contribution in [0.1, 0.15) is 39.9 Å². The summed E-state index contributed by atoms with van der Waals surface area (Å²) in [5.41, 5.74) is 2.93. The summed E-state index contributed by atoms with van der Waals surface area (Å²) in [6, 6.07) is 14.0. The number of carbonyl (C=O) groups is 1. The number of amides is 1. The van der Waals surface area contributed by atoms with E-state index in [9.17, 15) is 21.6 Å². The number of hydrogen-bond donors (Lipinski definition) is 2. The van der Waals surface area contributed by atoms with Crippen molar-refractivity contribution in [2.45, 2.75) is 43.4 Å². The molecule has 1 fully saturated rings. The highest BCUT2D eigenvalue weighted by Crippen LogP contribution is 2.31. The van der Waals surface area contributed by atoms with Crippen molar-refractivity contribution < 1.29 is 26.4 Å². The molecule has 1 amide bonds.